The maximum Gasteiger partial charge on any atom is 0.330 e. The number of nitrogens with one attached hydrogen (secondary N) is 1. The van der Waals surface area contributed by atoms with Gasteiger partial charge in [0.25, 0.3) is 0 Å². The van der Waals surface area contributed by atoms with Crippen molar-refractivity contribution in [3.8, 4) is 0 Å². The van der Waals surface area contributed by atoms with E-state index in [-0.39, 0.29) is 17.1 Å². The van der Waals surface area contributed by atoms with Crippen LogP contribution in [0.4, 0.5) is 0 Å². The summed E-state index contributed by atoms with van der Waals surface area (Å²) in [5.74, 6) is -0.686. The first kappa shape index (κ1) is 16.3. The minimum absolute atomic E-state index is 0.0686. The highest BCUT2D eigenvalue weighted by atomic mass is 32.2. The van der Waals surface area contributed by atoms with E-state index in [1.807, 2.05) is 36.6 Å². The minimum Gasteiger partial charge on any atom is -0.466 e. The molecule has 0 saturated carbocycles. The molecule has 1 aromatic rings. The monoisotopic (exact) mass is 293 g/mol. The van der Waals surface area contributed by atoms with E-state index >= 15 is 0 Å². The SMILES string of the molecule is CNC(=O)[C@@H](SC)[C@H](/C=C/C(=O)OC)c1ccccc1. The Labute approximate surface area is 123 Å². The van der Waals surface area contributed by atoms with Gasteiger partial charge in [-0.3, -0.25) is 4.79 Å². The molecule has 0 bridgehead atoms. The van der Waals surface area contributed by atoms with Gasteiger partial charge in [0.1, 0.15) is 0 Å². The molecular formula is C15H19NO3S. The lowest BCUT2D eigenvalue weighted by Gasteiger charge is -2.22. The molecule has 0 saturated heterocycles. The quantitative estimate of drug-likeness (QED) is 0.643. The van der Waals surface area contributed by atoms with Crippen molar-refractivity contribution in [3.63, 3.8) is 0 Å². The Morgan fingerprint density at radius 2 is 1.95 bits per heavy atom. The molecule has 1 aromatic carbocycles. The highest BCUT2D eigenvalue weighted by molar-refractivity contribution is 8.00. The fraction of sp³-hybridized carbons (Fsp3) is 0.333. The molecule has 0 aliphatic heterocycles. The van der Waals surface area contributed by atoms with Gasteiger partial charge < -0.3 is 10.1 Å². The van der Waals surface area contributed by atoms with E-state index in [9.17, 15) is 9.59 Å². The third-order valence-corrected chi connectivity index (χ3v) is 3.93. The van der Waals surface area contributed by atoms with Crippen molar-refractivity contribution in [2.75, 3.05) is 20.4 Å². The molecule has 0 aliphatic carbocycles. The molecule has 0 unspecified atom stereocenters. The third kappa shape index (κ3) is 4.42. The number of ether oxygens (including phenoxy) is 1. The number of amides is 1. The molecule has 0 heterocycles. The smallest absolute Gasteiger partial charge is 0.330 e. The largest absolute Gasteiger partial charge is 0.466 e. The highest BCUT2D eigenvalue weighted by Gasteiger charge is 2.26. The van der Waals surface area contributed by atoms with Gasteiger partial charge in [0.15, 0.2) is 0 Å². The van der Waals surface area contributed by atoms with Crippen molar-refractivity contribution in [1.29, 1.82) is 0 Å². The summed E-state index contributed by atoms with van der Waals surface area (Å²) in [4.78, 5) is 23.3. The van der Waals surface area contributed by atoms with Gasteiger partial charge in [0, 0.05) is 19.0 Å². The highest BCUT2D eigenvalue weighted by Crippen LogP contribution is 2.29. The molecule has 0 spiro atoms. The lowest BCUT2D eigenvalue weighted by Crippen LogP contribution is -2.33. The lowest BCUT2D eigenvalue weighted by molar-refractivity contribution is -0.134. The van der Waals surface area contributed by atoms with E-state index in [4.69, 9.17) is 0 Å². The molecule has 1 amide bonds. The molecule has 4 nitrogen and oxygen atoms in total. The Hall–Kier alpha value is -1.75. The molecule has 0 aromatic heterocycles. The zero-order valence-electron chi connectivity index (χ0n) is 11.8. The van der Waals surface area contributed by atoms with E-state index in [0.717, 1.165) is 5.56 Å². The number of benzene rings is 1. The number of carbonyl (C=O) groups excluding carboxylic acids is 2. The summed E-state index contributed by atoms with van der Waals surface area (Å²) in [6.07, 6.45) is 4.96. The summed E-state index contributed by atoms with van der Waals surface area (Å²) in [7, 11) is 2.94. The van der Waals surface area contributed by atoms with Crippen LogP contribution in [0.15, 0.2) is 42.5 Å². The van der Waals surface area contributed by atoms with Gasteiger partial charge >= 0.3 is 5.97 Å². The number of allylic oxidation sites excluding steroid dienone is 1. The number of rotatable bonds is 6. The predicted molar refractivity (Wildman–Crippen MR) is 81.7 cm³/mol. The second kappa shape index (κ2) is 8.43. The van der Waals surface area contributed by atoms with Crippen LogP contribution >= 0.6 is 11.8 Å². The zero-order chi connectivity index (χ0) is 15.0. The average Bonchev–Trinajstić information content (AvgIpc) is 2.51. The Morgan fingerprint density at radius 1 is 1.30 bits per heavy atom. The molecule has 5 heteroatoms. The van der Waals surface area contributed by atoms with Gasteiger partial charge in [0.05, 0.1) is 12.4 Å². The minimum atomic E-state index is -0.428. The number of carbonyl (C=O) groups is 2. The maximum absolute atomic E-state index is 12.0. The summed E-state index contributed by atoms with van der Waals surface area (Å²) in [6.45, 7) is 0. The van der Waals surface area contributed by atoms with Gasteiger partial charge in [-0.15, -0.1) is 0 Å². The van der Waals surface area contributed by atoms with E-state index in [1.54, 1.807) is 13.1 Å². The Balaban J connectivity index is 3.09. The summed E-state index contributed by atoms with van der Waals surface area (Å²) in [5, 5.41) is 2.36. The van der Waals surface area contributed by atoms with Crippen molar-refractivity contribution in [2.24, 2.45) is 0 Å². The Morgan fingerprint density at radius 3 is 2.45 bits per heavy atom. The fourth-order valence-corrected chi connectivity index (χ4v) is 2.74. The van der Waals surface area contributed by atoms with E-state index in [1.165, 1.54) is 24.9 Å². The average molecular weight is 293 g/mol. The fourth-order valence-electron chi connectivity index (χ4n) is 1.87. The molecule has 1 rings (SSSR count). The van der Waals surface area contributed by atoms with Gasteiger partial charge in [-0.25, -0.2) is 4.79 Å². The number of hydrogen-bond donors (Lipinski definition) is 1. The lowest BCUT2D eigenvalue weighted by atomic mass is 9.94. The zero-order valence-corrected chi connectivity index (χ0v) is 12.6. The first-order valence-electron chi connectivity index (χ1n) is 6.19. The topological polar surface area (TPSA) is 55.4 Å². The van der Waals surface area contributed by atoms with E-state index in [2.05, 4.69) is 10.1 Å². The summed E-state index contributed by atoms with van der Waals surface area (Å²) in [6, 6.07) is 9.63. The summed E-state index contributed by atoms with van der Waals surface area (Å²) >= 11 is 1.45. The number of hydrogen-bond acceptors (Lipinski definition) is 4. The van der Waals surface area contributed by atoms with Crippen LogP contribution in [0.1, 0.15) is 11.5 Å². The second-order valence-electron chi connectivity index (χ2n) is 4.09. The number of methoxy groups -OCH3 is 1. The van der Waals surface area contributed by atoms with E-state index in [0.29, 0.717) is 0 Å². The molecule has 0 radical (unpaired) electrons. The number of esters is 1. The third-order valence-electron chi connectivity index (χ3n) is 2.91. The Bertz CT molecular complexity index is 473. The van der Waals surface area contributed by atoms with Crippen LogP contribution in [0.5, 0.6) is 0 Å². The molecular weight excluding hydrogens is 274 g/mol. The molecule has 2 atom stereocenters. The van der Waals surface area contributed by atoms with Crippen LogP contribution < -0.4 is 5.32 Å². The summed E-state index contributed by atoms with van der Waals surface area (Å²) in [5.41, 5.74) is 0.982. The molecule has 20 heavy (non-hydrogen) atoms. The van der Waals surface area contributed by atoms with Crippen LogP contribution in [-0.2, 0) is 14.3 Å². The van der Waals surface area contributed by atoms with Gasteiger partial charge in [-0.2, -0.15) is 11.8 Å². The molecule has 108 valence electrons. The van der Waals surface area contributed by atoms with Crippen LogP contribution in [0, 0.1) is 0 Å². The van der Waals surface area contributed by atoms with Crippen molar-refractivity contribution >= 4 is 23.6 Å². The number of thioether (sulfide) groups is 1. The Kier molecular flexibility index (Phi) is 6.87. The standard InChI is InChI=1S/C15H19NO3S/c1-16-15(18)14(20-3)12(9-10-13(17)19-2)11-7-5-4-6-8-11/h4-10,12,14H,1-3H3,(H,16,18)/b10-9+/t12-,14+/m1/s1. The van der Waals surface area contributed by atoms with Crippen molar-refractivity contribution in [3.05, 3.63) is 48.0 Å². The maximum atomic E-state index is 12.0. The normalized spacial score (nSPS) is 13.8. The van der Waals surface area contributed by atoms with Crippen LogP contribution in [-0.4, -0.2) is 37.5 Å². The molecule has 0 aliphatic rings. The summed E-state index contributed by atoms with van der Waals surface area (Å²) < 4.78 is 4.60. The first-order valence-corrected chi connectivity index (χ1v) is 7.48. The van der Waals surface area contributed by atoms with Crippen molar-refractivity contribution in [1.82, 2.24) is 5.32 Å². The first-order chi connectivity index (χ1) is 9.63. The predicted octanol–water partition coefficient (Wildman–Crippen LogP) is 1.98. The van der Waals surface area contributed by atoms with Crippen LogP contribution in [0.3, 0.4) is 0 Å². The van der Waals surface area contributed by atoms with Gasteiger partial charge in [0.2, 0.25) is 5.91 Å². The van der Waals surface area contributed by atoms with E-state index < -0.39 is 5.97 Å². The van der Waals surface area contributed by atoms with Gasteiger partial charge in [-0.1, -0.05) is 36.4 Å². The van der Waals surface area contributed by atoms with Crippen molar-refractivity contribution in [2.45, 2.75) is 11.2 Å². The van der Waals surface area contributed by atoms with Crippen LogP contribution in [0.2, 0.25) is 0 Å². The van der Waals surface area contributed by atoms with Crippen LogP contribution in [0.25, 0.3) is 0 Å². The molecule has 0 fully saturated rings. The van der Waals surface area contributed by atoms with Crippen molar-refractivity contribution < 1.29 is 14.3 Å². The second-order valence-corrected chi connectivity index (χ2v) is 5.07. The van der Waals surface area contributed by atoms with Gasteiger partial charge in [-0.05, 0) is 11.8 Å². The molecule has 1 N–H and O–H groups in total.